The molecule has 0 aliphatic heterocycles. The molecular weight excluding hydrogens is 1210 g/mol. The number of hydrogen-bond acceptors (Lipinski definition) is 11. The molecule has 0 spiro atoms. The summed E-state index contributed by atoms with van der Waals surface area (Å²) in [5.41, 5.74) is 25.4. The van der Waals surface area contributed by atoms with Crippen LogP contribution in [0.3, 0.4) is 0 Å². The van der Waals surface area contributed by atoms with E-state index in [0.717, 1.165) is 110 Å². The van der Waals surface area contributed by atoms with Gasteiger partial charge in [0.05, 0.1) is 52.9 Å². The van der Waals surface area contributed by atoms with E-state index in [1.165, 1.54) is 166 Å². The van der Waals surface area contributed by atoms with Gasteiger partial charge in [-0.15, -0.1) is 0 Å². The van der Waals surface area contributed by atoms with Crippen LogP contribution in [0.2, 0.25) is 0 Å². The number of nitrogens with zero attached hydrogens (tertiary/aromatic N) is 6. The van der Waals surface area contributed by atoms with Crippen LogP contribution in [0, 0.1) is 92.7 Å². The van der Waals surface area contributed by atoms with Crippen LogP contribution in [-0.2, 0) is 28.4 Å². The third-order valence-electron chi connectivity index (χ3n) is 23.4. The second kappa shape index (κ2) is 42.6. The molecule has 6 saturated carbocycles. The molecule has 16 atom stereocenters. The number of carbonyl (C=O) groups is 2. The molecule has 20 heteroatoms. The first-order chi connectivity index (χ1) is 41.7. The van der Waals surface area contributed by atoms with Gasteiger partial charge in [0, 0.05) is 60.4 Å². The third-order valence-corrected chi connectivity index (χ3v) is 23.5. The van der Waals surface area contributed by atoms with Gasteiger partial charge in [-0.05, 0) is 194 Å². The van der Waals surface area contributed by atoms with Gasteiger partial charge in [0.1, 0.15) is 12.2 Å². The summed E-state index contributed by atoms with van der Waals surface area (Å²) in [5, 5.41) is 9.55. The Hall–Kier alpha value is 1.84. The fourth-order valence-electron chi connectivity index (χ4n) is 19.1. The van der Waals surface area contributed by atoms with Crippen LogP contribution in [0.4, 0.5) is 9.59 Å². The van der Waals surface area contributed by atoms with Crippen LogP contribution in [0.5, 0.6) is 0 Å². The predicted octanol–water partition coefficient (Wildman–Crippen LogP) is 13.9. The van der Waals surface area contributed by atoms with Crippen molar-refractivity contribution in [1.82, 2.24) is 5.32 Å². The normalized spacial score (nSPS) is 32.9. The monoisotopic (exact) mass is 1330 g/mol. The molecular formula is C68H118ClK3N8O8. The molecule has 3 N–H and O–H groups in total. The number of nitrogens with one attached hydrogen (secondary N) is 1. The SMILES string of the molecule is CC(C)CCC[C@@H](C)[C@H]1CC[C@@H]2[C@@H]3CC=C4C[C@@H](OC(=O)Cl)CC[C@]4(C)[C@H]3CC[C@@]21C.CC(C)CCC[C@@H](C)[C@H]1CC[C@@H]2[C@@H]3CC=C4C[C@@H](OC(=O)NCCOCCOCCN=[N+]=[N-])CC[C@]4(C)[C@H]3CC[C@@]21C.[H-].[K+].[K][K].[N-]=[N+]=NCCOCCOCCN. The number of fused-ring (bicyclic) bond motifs is 10. The third kappa shape index (κ3) is 23.8. The number of halogens is 1. The zero-order chi connectivity index (χ0) is 63.6. The van der Waals surface area contributed by atoms with Gasteiger partial charge in [-0.2, -0.15) is 0 Å². The molecule has 8 rings (SSSR count). The van der Waals surface area contributed by atoms with Gasteiger partial charge in [-0.25, -0.2) is 9.59 Å². The zero-order valence-corrected chi connectivity index (χ0v) is 67.8. The molecule has 0 heterocycles. The average molecular weight is 1330 g/mol. The first-order valence-electron chi connectivity index (χ1n) is 35.0. The number of allylic oxidation sites excluding steroid dienone is 2. The fourth-order valence-corrected chi connectivity index (χ4v) is 19.2. The Labute approximate surface area is 627 Å². The van der Waals surface area contributed by atoms with Crippen molar-refractivity contribution < 1.29 is 90.8 Å². The average Bonchev–Trinajstić information content (AvgIpc) is 1.72. The van der Waals surface area contributed by atoms with E-state index < -0.39 is 5.43 Å². The van der Waals surface area contributed by atoms with Gasteiger partial charge < -0.3 is 40.9 Å². The zero-order valence-electron chi connectivity index (χ0n) is 58.7. The number of carbonyl (C=O) groups excluding carboxylic acids is 2. The number of rotatable bonds is 29. The minimum absolute atomic E-state index is 0. The summed E-state index contributed by atoms with van der Waals surface area (Å²) < 4.78 is 32.1. The quantitative estimate of drug-likeness (QED) is 0.0138. The van der Waals surface area contributed by atoms with Crippen molar-refractivity contribution in [1.29, 1.82) is 0 Å². The van der Waals surface area contributed by atoms with Crippen LogP contribution in [0.25, 0.3) is 20.9 Å². The summed E-state index contributed by atoms with van der Waals surface area (Å²) in [6.07, 6.45) is 32.8. The molecule has 16 nitrogen and oxygen atoms in total. The summed E-state index contributed by atoms with van der Waals surface area (Å²) in [5.74, 6) is 10.2. The molecule has 0 aromatic rings. The van der Waals surface area contributed by atoms with Crippen LogP contribution in [0.1, 0.15) is 212 Å². The minimum atomic E-state index is -0.643. The van der Waals surface area contributed by atoms with E-state index in [1.54, 1.807) is 11.1 Å². The largest absolute Gasteiger partial charge is 0.379 e. The van der Waals surface area contributed by atoms with Gasteiger partial charge in [-0.1, -0.05) is 141 Å². The summed E-state index contributed by atoms with van der Waals surface area (Å²) in [6, 6.07) is 0. The molecule has 0 saturated heterocycles. The van der Waals surface area contributed by atoms with Gasteiger partial charge in [0.2, 0.25) is 0 Å². The second-order valence-electron chi connectivity index (χ2n) is 29.1. The number of azide groups is 2. The smallest absolute Gasteiger partial charge is 0.0701 e. The summed E-state index contributed by atoms with van der Waals surface area (Å²) in [4.78, 5) is 29.0. The van der Waals surface area contributed by atoms with Crippen molar-refractivity contribution in [2.45, 2.75) is 223 Å². The Morgan fingerprint density at radius 3 is 1.44 bits per heavy atom. The van der Waals surface area contributed by atoms with Crippen LogP contribution < -0.4 is 62.4 Å². The molecule has 0 aromatic heterocycles. The molecule has 88 heavy (non-hydrogen) atoms. The van der Waals surface area contributed by atoms with Crippen LogP contribution >= 0.6 is 11.6 Å². The van der Waals surface area contributed by atoms with Crippen molar-refractivity contribution in [2.75, 3.05) is 79.0 Å². The summed E-state index contributed by atoms with van der Waals surface area (Å²) in [7, 11) is 0. The number of ether oxygens (including phenoxy) is 6. The molecule has 8 aliphatic rings. The minimum Gasteiger partial charge on any atom is -0.379 e. The Balaban J connectivity index is 0.000000386. The first kappa shape index (κ1) is 82.3. The Bertz CT molecular complexity index is 2250. The molecule has 0 bridgehead atoms. The van der Waals surface area contributed by atoms with E-state index in [-0.39, 0.29) is 76.5 Å². The van der Waals surface area contributed by atoms with Crippen LogP contribution in [-0.4, -0.2) is 166 Å². The number of amides is 1. The van der Waals surface area contributed by atoms with Gasteiger partial charge in [0.15, 0.2) is 0 Å². The topological polar surface area (TPSA) is 225 Å². The predicted molar refractivity (Wildman–Crippen MR) is 353 cm³/mol. The molecule has 488 valence electrons. The maximum atomic E-state index is 12.5. The molecule has 0 unspecified atom stereocenters. The van der Waals surface area contributed by atoms with Crippen molar-refractivity contribution in [3.8, 4) is 0 Å². The first-order valence-corrected chi connectivity index (χ1v) is 51.4. The molecule has 8 aliphatic carbocycles. The van der Waals surface area contributed by atoms with Crippen molar-refractivity contribution >= 4 is 86.3 Å². The van der Waals surface area contributed by atoms with E-state index >= 15 is 0 Å². The van der Waals surface area contributed by atoms with E-state index in [0.29, 0.717) is 95.3 Å². The Morgan fingerprint density at radius 1 is 0.614 bits per heavy atom. The van der Waals surface area contributed by atoms with Gasteiger partial charge in [-0.3, -0.25) is 0 Å². The van der Waals surface area contributed by atoms with E-state index in [9.17, 15) is 9.59 Å². The second-order valence-corrected chi connectivity index (χ2v) is 29.5. The number of nitrogens with two attached hydrogens (primary N) is 1. The van der Waals surface area contributed by atoms with Gasteiger partial charge >= 0.3 is 126 Å². The van der Waals surface area contributed by atoms with Gasteiger partial charge in [0.25, 0.3) is 0 Å². The molecule has 6 fully saturated rings. The summed E-state index contributed by atoms with van der Waals surface area (Å²) in [6.45, 7) is 30.3. The fraction of sp³-hybridized carbons (Fsp3) is 0.912. The molecule has 0 aromatic carbocycles. The maximum absolute atomic E-state index is 12.5. The standard InChI is InChI=1S/C34H58N4O4.C28H45ClO2.C6H14N4O2.3K.H/c1-24(2)7-6-8-25(3)29-11-12-30-28-10-9-26-23-27(13-15-33(26,4)31(28)14-16-34(29,30)5)42-32(39)36-17-19-40-21-22-41-20-18-37-38-35;1-18(2)7-6-8-19(3)23-11-12-24-22-10-9-20-17-21(31-26(29)30)13-15-27(20,4)25(22)14-16-28(23,24)5;7-1-3-11-5-6-12-4-2-9-10-8;;;;/h9,24-25,27-31H,6-8,10-23H2,1-5H3,(H,36,39);9,18-19,21-25H,6-8,10-17H2,1-5H3;1-7H2;;;;/q;;;;;+1;-1/t25-,27+,28+,29-,30-,31+,33+,34-;19-,21+,22+,23-,24-,25+,27+,28-;;;;;/m11...../s1. The number of alkyl carbamates (subject to hydrolysis) is 1. The number of hydrogen-bond donors (Lipinski definition) is 2. The Morgan fingerprint density at radius 2 is 1.03 bits per heavy atom. The van der Waals surface area contributed by atoms with E-state index in [4.69, 9.17) is 56.8 Å². The van der Waals surface area contributed by atoms with Crippen LogP contribution in [0.15, 0.2) is 33.5 Å². The van der Waals surface area contributed by atoms with Crippen molar-refractivity contribution in [3.05, 3.63) is 44.2 Å². The molecule has 1 amide bonds. The van der Waals surface area contributed by atoms with E-state index in [1.807, 2.05) is 0 Å². The van der Waals surface area contributed by atoms with E-state index in [2.05, 4.69) is 107 Å². The van der Waals surface area contributed by atoms with Crippen molar-refractivity contribution in [3.63, 3.8) is 0 Å². The molecule has 0 radical (unpaired) electrons. The maximum Gasteiger partial charge on any atom is 0.0701 e. The Kier molecular flexibility index (Phi) is 39.8. The van der Waals surface area contributed by atoms with Crippen molar-refractivity contribution in [2.24, 2.45) is 109 Å². The summed E-state index contributed by atoms with van der Waals surface area (Å²) >= 11 is 8.01.